The first-order valence-corrected chi connectivity index (χ1v) is 5.99. The number of oxazole rings is 1. The van der Waals surface area contributed by atoms with Gasteiger partial charge in [0.15, 0.2) is 6.39 Å². The Bertz CT molecular complexity index is 440. The van der Waals surface area contributed by atoms with Crippen molar-refractivity contribution in [3.8, 4) is 0 Å². The lowest BCUT2D eigenvalue weighted by atomic mass is 10.3. The number of aryl methyl sites for hydroxylation is 1. The van der Waals surface area contributed by atoms with E-state index >= 15 is 0 Å². The van der Waals surface area contributed by atoms with Crippen molar-refractivity contribution >= 4 is 23.1 Å². The number of nitrogens with zero attached hydrogens (tertiary/aromatic N) is 2. The molecule has 0 bridgehead atoms. The quantitative estimate of drug-likeness (QED) is 0.800. The van der Waals surface area contributed by atoms with Crippen LogP contribution in [0.1, 0.15) is 35.5 Å². The molecule has 2 rings (SSSR count). The Kier molecular flexibility index (Phi) is 3.42. The highest BCUT2D eigenvalue weighted by Gasteiger charge is 2.34. The molecule has 0 spiro atoms. The summed E-state index contributed by atoms with van der Waals surface area (Å²) < 4.78 is 5.13. The average molecular weight is 253 g/mol. The third-order valence-corrected chi connectivity index (χ3v) is 2.99. The highest BCUT2D eigenvalue weighted by Crippen LogP contribution is 2.28. The number of carbonyl (C=O) groups excluding carboxylic acids is 1. The summed E-state index contributed by atoms with van der Waals surface area (Å²) in [6.07, 6.45) is 3.92. The lowest BCUT2D eigenvalue weighted by molar-refractivity contribution is 0.0715. The first-order valence-electron chi connectivity index (χ1n) is 5.59. The Morgan fingerprint density at radius 2 is 2.41 bits per heavy atom. The predicted molar refractivity (Wildman–Crippen MR) is 66.7 cm³/mol. The maximum absolute atomic E-state index is 12.2. The van der Waals surface area contributed by atoms with Crippen LogP contribution in [0.25, 0.3) is 0 Å². The van der Waals surface area contributed by atoms with E-state index in [1.54, 1.807) is 11.8 Å². The van der Waals surface area contributed by atoms with Gasteiger partial charge < -0.3 is 15.1 Å². The fraction of sp³-hybridized carbons (Fsp3) is 0.545. The number of nitrogens with two attached hydrogens (primary N) is 1. The molecule has 0 radical (unpaired) electrons. The summed E-state index contributed by atoms with van der Waals surface area (Å²) in [7, 11) is 0. The molecule has 0 atom stereocenters. The van der Waals surface area contributed by atoms with Crippen molar-refractivity contribution in [3.63, 3.8) is 0 Å². The van der Waals surface area contributed by atoms with Gasteiger partial charge in [-0.25, -0.2) is 4.98 Å². The molecule has 6 heteroatoms. The van der Waals surface area contributed by atoms with Gasteiger partial charge in [0, 0.05) is 19.0 Å². The van der Waals surface area contributed by atoms with Crippen LogP contribution in [0.4, 0.5) is 0 Å². The molecule has 1 aromatic rings. The molecule has 1 aromatic heterocycles. The van der Waals surface area contributed by atoms with Crippen LogP contribution in [0.5, 0.6) is 0 Å². The minimum atomic E-state index is -0.112. The lowest BCUT2D eigenvalue weighted by Gasteiger charge is -2.20. The van der Waals surface area contributed by atoms with Gasteiger partial charge in [-0.1, -0.05) is 12.2 Å². The van der Waals surface area contributed by atoms with Gasteiger partial charge in [0.2, 0.25) is 5.76 Å². The number of amides is 1. The number of rotatable bonds is 5. The van der Waals surface area contributed by atoms with Crippen molar-refractivity contribution in [2.24, 2.45) is 5.73 Å². The summed E-state index contributed by atoms with van der Waals surface area (Å²) in [5.74, 6) is 0.207. The lowest BCUT2D eigenvalue weighted by Crippen LogP contribution is -2.35. The van der Waals surface area contributed by atoms with Crippen LogP contribution >= 0.6 is 12.2 Å². The van der Waals surface area contributed by atoms with Gasteiger partial charge in [-0.15, -0.1) is 0 Å². The van der Waals surface area contributed by atoms with E-state index in [1.165, 1.54) is 6.39 Å². The summed E-state index contributed by atoms with van der Waals surface area (Å²) >= 11 is 4.84. The molecule has 92 valence electrons. The molecular formula is C11H15N3O2S. The first kappa shape index (κ1) is 12.0. The SMILES string of the molecule is Cc1ncoc1C(=O)N(CCC(N)=S)C1CC1. The molecule has 1 aliphatic carbocycles. The normalized spacial score (nSPS) is 14.6. The summed E-state index contributed by atoms with van der Waals surface area (Å²) in [6, 6.07) is 0.307. The van der Waals surface area contributed by atoms with E-state index in [4.69, 9.17) is 22.4 Å². The standard InChI is InChI=1S/C11H15N3O2S/c1-7-10(16-6-13-7)11(15)14(8-2-3-8)5-4-9(12)17/h6,8H,2-5H2,1H3,(H2,12,17). The number of hydrogen-bond donors (Lipinski definition) is 1. The molecule has 1 fully saturated rings. The van der Waals surface area contributed by atoms with Crippen molar-refractivity contribution in [2.75, 3.05) is 6.54 Å². The second-order valence-electron chi connectivity index (χ2n) is 4.21. The zero-order valence-electron chi connectivity index (χ0n) is 9.68. The van der Waals surface area contributed by atoms with Crippen LogP contribution in [0.15, 0.2) is 10.8 Å². The van der Waals surface area contributed by atoms with Crippen molar-refractivity contribution in [3.05, 3.63) is 17.8 Å². The number of aromatic nitrogens is 1. The molecule has 2 N–H and O–H groups in total. The average Bonchev–Trinajstić information content (AvgIpc) is 3.00. The molecular weight excluding hydrogens is 238 g/mol. The second kappa shape index (κ2) is 4.83. The Morgan fingerprint density at radius 3 is 2.88 bits per heavy atom. The maximum atomic E-state index is 12.2. The van der Waals surface area contributed by atoms with Gasteiger partial charge in [-0.2, -0.15) is 0 Å². The van der Waals surface area contributed by atoms with E-state index in [0.29, 0.717) is 35.5 Å². The molecule has 0 saturated heterocycles. The molecule has 5 nitrogen and oxygen atoms in total. The molecule has 1 amide bonds. The largest absolute Gasteiger partial charge is 0.438 e. The Balaban J connectivity index is 2.08. The summed E-state index contributed by atoms with van der Waals surface area (Å²) in [5, 5.41) is 0. The van der Waals surface area contributed by atoms with Crippen LogP contribution in [0.2, 0.25) is 0 Å². The zero-order chi connectivity index (χ0) is 12.4. The zero-order valence-corrected chi connectivity index (χ0v) is 10.5. The third-order valence-electron chi connectivity index (χ3n) is 2.79. The van der Waals surface area contributed by atoms with E-state index < -0.39 is 0 Å². The summed E-state index contributed by atoms with van der Waals surface area (Å²) in [5.41, 5.74) is 6.09. The number of carbonyl (C=O) groups is 1. The third kappa shape index (κ3) is 2.82. The predicted octanol–water partition coefficient (Wildman–Crippen LogP) is 1.26. The minimum absolute atomic E-state index is 0.112. The Hall–Kier alpha value is -1.43. The van der Waals surface area contributed by atoms with Crippen LogP contribution in [0, 0.1) is 6.92 Å². The number of thiocarbonyl (C=S) groups is 1. The minimum Gasteiger partial charge on any atom is -0.438 e. The van der Waals surface area contributed by atoms with E-state index in [2.05, 4.69) is 4.98 Å². The fourth-order valence-electron chi connectivity index (χ4n) is 1.70. The molecule has 0 aromatic carbocycles. The van der Waals surface area contributed by atoms with Crippen molar-refractivity contribution in [1.82, 2.24) is 9.88 Å². The van der Waals surface area contributed by atoms with Gasteiger partial charge >= 0.3 is 0 Å². The Morgan fingerprint density at radius 1 is 1.71 bits per heavy atom. The van der Waals surface area contributed by atoms with E-state index in [0.717, 1.165) is 12.8 Å². The molecule has 1 saturated carbocycles. The van der Waals surface area contributed by atoms with Gasteiger partial charge in [-0.3, -0.25) is 4.79 Å². The monoisotopic (exact) mass is 253 g/mol. The second-order valence-corrected chi connectivity index (χ2v) is 4.74. The van der Waals surface area contributed by atoms with Crippen LogP contribution in [0.3, 0.4) is 0 Å². The van der Waals surface area contributed by atoms with E-state index in [-0.39, 0.29) is 5.91 Å². The van der Waals surface area contributed by atoms with Crippen LogP contribution in [-0.4, -0.2) is 33.4 Å². The maximum Gasteiger partial charge on any atom is 0.291 e. The smallest absolute Gasteiger partial charge is 0.291 e. The highest BCUT2D eigenvalue weighted by molar-refractivity contribution is 7.80. The molecule has 17 heavy (non-hydrogen) atoms. The van der Waals surface area contributed by atoms with Gasteiger partial charge in [0.1, 0.15) is 0 Å². The molecule has 0 aliphatic heterocycles. The van der Waals surface area contributed by atoms with Crippen molar-refractivity contribution < 1.29 is 9.21 Å². The topological polar surface area (TPSA) is 72.4 Å². The van der Waals surface area contributed by atoms with E-state index in [9.17, 15) is 4.79 Å². The highest BCUT2D eigenvalue weighted by atomic mass is 32.1. The van der Waals surface area contributed by atoms with Gasteiger partial charge in [0.05, 0.1) is 10.7 Å². The van der Waals surface area contributed by atoms with Crippen molar-refractivity contribution in [2.45, 2.75) is 32.2 Å². The van der Waals surface area contributed by atoms with E-state index in [1.807, 2.05) is 0 Å². The summed E-state index contributed by atoms with van der Waals surface area (Å²) in [4.78, 5) is 18.4. The van der Waals surface area contributed by atoms with Gasteiger partial charge in [0.25, 0.3) is 5.91 Å². The Labute approximate surface area is 105 Å². The number of hydrogen-bond acceptors (Lipinski definition) is 4. The van der Waals surface area contributed by atoms with Crippen LogP contribution in [-0.2, 0) is 0 Å². The fourth-order valence-corrected chi connectivity index (χ4v) is 1.80. The van der Waals surface area contributed by atoms with Crippen LogP contribution < -0.4 is 5.73 Å². The molecule has 1 aliphatic rings. The van der Waals surface area contributed by atoms with Crippen molar-refractivity contribution in [1.29, 1.82) is 0 Å². The molecule has 0 unspecified atom stereocenters. The first-order chi connectivity index (χ1) is 8.09. The summed E-state index contributed by atoms with van der Waals surface area (Å²) in [6.45, 7) is 2.31. The van der Waals surface area contributed by atoms with Gasteiger partial charge in [-0.05, 0) is 19.8 Å². The molecule has 1 heterocycles.